The Balaban J connectivity index is 2.04. The van der Waals surface area contributed by atoms with E-state index < -0.39 is 11.6 Å². The average molecular weight is 379 g/mol. The summed E-state index contributed by atoms with van der Waals surface area (Å²) in [6.45, 7) is 9.93. The fraction of sp³-hybridized carbons (Fsp3) is 0.600. The Kier molecular flexibility index (Phi) is 6.57. The molecule has 1 aromatic rings. The van der Waals surface area contributed by atoms with E-state index >= 15 is 0 Å². The molecule has 0 unspecified atom stereocenters. The number of nitrogens with zero attached hydrogens (tertiary/aromatic N) is 1. The third kappa shape index (κ3) is 5.77. The summed E-state index contributed by atoms with van der Waals surface area (Å²) in [5.74, 6) is 0.873. The van der Waals surface area contributed by atoms with E-state index in [1.165, 1.54) is 14.0 Å². The van der Waals surface area contributed by atoms with Crippen LogP contribution in [-0.4, -0.2) is 48.9 Å². The maximum atomic E-state index is 12.2. The first-order valence-electron chi connectivity index (χ1n) is 9.11. The Morgan fingerprint density at radius 1 is 1.11 bits per heavy atom. The van der Waals surface area contributed by atoms with Gasteiger partial charge in [0.1, 0.15) is 11.7 Å². The zero-order valence-corrected chi connectivity index (χ0v) is 17.0. The molecule has 0 aliphatic carbocycles. The maximum Gasteiger partial charge on any atom is 0.410 e. The van der Waals surface area contributed by atoms with Crippen LogP contribution < -0.4 is 14.2 Å². The maximum absolute atomic E-state index is 12.2. The van der Waals surface area contributed by atoms with Gasteiger partial charge in [0.05, 0.1) is 7.11 Å². The molecule has 0 radical (unpaired) electrons. The second kappa shape index (κ2) is 8.50. The quantitative estimate of drug-likeness (QED) is 0.586. The number of piperidine rings is 1. The van der Waals surface area contributed by atoms with E-state index in [1.54, 1.807) is 11.0 Å². The predicted octanol–water partition coefficient (Wildman–Crippen LogP) is 3.71. The molecule has 0 aromatic heterocycles. The van der Waals surface area contributed by atoms with Crippen LogP contribution in [0.1, 0.15) is 46.1 Å². The topological polar surface area (TPSA) is 74.3 Å². The molecule has 1 aliphatic rings. The lowest BCUT2D eigenvalue weighted by Crippen LogP contribution is -2.44. The van der Waals surface area contributed by atoms with E-state index in [2.05, 4.69) is 0 Å². The molecular formula is C20H29NO6. The number of ether oxygens (including phenoxy) is 4. The lowest BCUT2D eigenvalue weighted by atomic mass is 10.1. The number of esters is 1. The predicted molar refractivity (Wildman–Crippen MR) is 100 cm³/mol. The first-order valence-corrected chi connectivity index (χ1v) is 9.11. The number of hydrogen-bond acceptors (Lipinski definition) is 6. The van der Waals surface area contributed by atoms with Gasteiger partial charge in [0, 0.05) is 32.9 Å². The van der Waals surface area contributed by atoms with E-state index in [1.807, 2.05) is 33.8 Å². The first kappa shape index (κ1) is 20.9. The fourth-order valence-corrected chi connectivity index (χ4v) is 2.87. The smallest absolute Gasteiger partial charge is 0.410 e. The molecule has 7 heteroatoms. The van der Waals surface area contributed by atoms with Gasteiger partial charge < -0.3 is 23.8 Å². The Morgan fingerprint density at radius 3 is 2.26 bits per heavy atom. The molecule has 1 fully saturated rings. The number of methoxy groups -OCH3 is 1. The van der Waals surface area contributed by atoms with Crippen LogP contribution in [0.15, 0.2) is 12.1 Å². The van der Waals surface area contributed by atoms with Crippen LogP contribution in [0.5, 0.6) is 17.2 Å². The summed E-state index contributed by atoms with van der Waals surface area (Å²) in [7, 11) is 1.51. The Hall–Kier alpha value is -2.44. The van der Waals surface area contributed by atoms with Gasteiger partial charge in [0.15, 0.2) is 11.5 Å². The van der Waals surface area contributed by atoms with Gasteiger partial charge in [-0.05, 0) is 39.3 Å². The number of likely N-dealkylation sites (tertiary alicyclic amines) is 1. The first-order chi connectivity index (χ1) is 12.6. The van der Waals surface area contributed by atoms with Crippen molar-refractivity contribution in [1.29, 1.82) is 0 Å². The SMILES string of the molecule is COc1c(OC(C)=O)ccc(C)c1OC1CCN(C(=O)OC(C)(C)C)CC1. The molecule has 1 aliphatic heterocycles. The third-order valence-corrected chi connectivity index (χ3v) is 4.11. The van der Waals surface area contributed by atoms with Gasteiger partial charge in [-0.25, -0.2) is 4.79 Å². The summed E-state index contributed by atoms with van der Waals surface area (Å²) < 4.78 is 22.2. The molecule has 0 saturated carbocycles. The summed E-state index contributed by atoms with van der Waals surface area (Å²) >= 11 is 0. The highest BCUT2D eigenvalue weighted by molar-refractivity contribution is 5.71. The number of benzene rings is 1. The largest absolute Gasteiger partial charge is 0.490 e. The van der Waals surface area contributed by atoms with Crippen LogP contribution in [0.25, 0.3) is 0 Å². The van der Waals surface area contributed by atoms with E-state index in [0.717, 1.165) is 5.56 Å². The van der Waals surface area contributed by atoms with Crippen molar-refractivity contribution in [3.63, 3.8) is 0 Å². The monoisotopic (exact) mass is 379 g/mol. The molecule has 0 spiro atoms. The molecule has 1 saturated heterocycles. The van der Waals surface area contributed by atoms with Crippen LogP contribution in [0.4, 0.5) is 4.79 Å². The van der Waals surface area contributed by atoms with Crippen molar-refractivity contribution in [3.8, 4) is 17.2 Å². The van der Waals surface area contributed by atoms with Crippen molar-refractivity contribution < 1.29 is 28.5 Å². The normalized spacial score (nSPS) is 15.3. The number of carbonyl (C=O) groups excluding carboxylic acids is 2. The van der Waals surface area contributed by atoms with Crippen molar-refractivity contribution in [2.24, 2.45) is 0 Å². The number of amides is 1. The van der Waals surface area contributed by atoms with Gasteiger partial charge in [0.25, 0.3) is 0 Å². The van der Waals surface area contributed by atoms with Gasteiger partial charge in [-0.3, -0.25) is 4.79 Å². The minimum Gasteiger partial charge on any atom is -0.490 e. The number of rotatable bonds is 4. The molecule has 27 heavy (non-hydrogen) atoms. The Bertz CT molecular complexity index is 686. The van der Waals surface area contributed by atoms with Gasteiger partial charge >= 0.3 is 12.1 Å². The van der Waals surface area contributed by atoms with Crippen molar-refractivity contribution >= 4 is 12.1 Å². The van der Waals surface area contributed by atoms with Crippen LogP contribution in [-0.2, 0) is 9.53 Å². The second-order valence-electron chi connectivity index (χ2n) is 7.62. The molecule has 1 heterocycles. The highest BCUT2D eigenvalue weighted by Crippen LogP contribution is 2.41. The van der Waals surface area contributed by atoms with E-state index in [-0.39, 0.29) is 12.2 Å². The minimum absolute atomic E-state index is 0.0659. The van der Waals surface area contributed by atoms with E-state index in [9.17, 15) is 9.59 Å². The van der Waals surface area contributed by atoms with E-state index in [0.29, 0.717) is 43.2 Å². The Labute approximate surface area is 160 Å². The molecule has 150 valence electrons. The van der Waals surface area contributed by atoms with Gasteiger partial charge in [-0.1, -0.05) is 6.07 Å². The summed E-state index contributed by atoms with van der Waals surface area (Å²) in [6.07, 6.45) is 0.995. The second-order valence-corrected chi connectivity index (χ2v) is 7.62. The molecule has 0 bridgehead atoms. The van der Waals surface area contributed by atoms with Crippen LogP contribution in [0.3, 0.4) is 0 Å². The van der Waals surface area contributed by atoms with Crippen molar-refractivity contribution in [2.45, 2.75) is 59.2 Å². The number of hydrogen-bond donors (Lipinski definition) is 0. The van der Waals surface area contributed by atoms with Crippen molar-refractivity contribution in [1.82, 2.24) is 4.90 Å². The minimum atomic E-state index is -0.508. The summed E-state index contributed by atoms with van der Waals surface area (Å²) in [5, 5.41) is 0. The van der Waals surface area contributed by atoms with Crippen molar-refractivity contribution in [3.05, 3.63) is 17.7 Å². The van der Waals surface area contributed by atoms with Crippen molar-refractivity contribution in [2.75, 3.05) is 20.2 Å². The van der Waals surface area contributed by atoms with Crippen LogP contribution in [0, 0.1) is 6.92 Å². The molecule has 0 atom stereocenters. The highest BCUT2D eigenvalue weighted by Gasteiger charge is 2.29. The Morgan fingerprint density at radius 2 is 1.74 bits per heavy atom. The molecule has 1 aromatic carbocycles. The number of carbonyl (C=O) groups is 2. The van der Waals surface area contributed by atoms with Gasteiger partial charge in [-0.2, -0.15) is 0 Å². The zero-order valence-electron chi connectivity index (χ0n) is 17.0. The molecular weight excluding hydrogens is 350 g/mol. The lowest BCUT2D eigenvalue weighted by Gasteiger charge is -2.34. The standard InChI is InChI=1S/C20H29NO6/c1-13-7-8-16(25-14(2)22)18(24-6)17(13)26-15-9-11-21(12-10-15)19(23)27-20(3,4)5/h7-8,15H,9-12H2,1-6H3. The summed E-state index contributed by atoms with van der Waals surface area (Å²) in [6, 6.07) is 3.51. The van der Waals surface area contributed by atoms with Gasteiger partial charge in [-0.15, -0.1) is 0 Å². The lowest BCUT2D eigenvalue weighted by molar-refractivity contribution is -0.132. The zero-order chi connectivity index (χ0) is 20.2. The number of aryl methyl sites for hydroxylation is 1. The molecule has 7 nitrogen and oxygen atoms in total. The average Bonchev–Trinajstić information content (AvgIpc) is 2.56. The molecule has 2 rings (SSSR count). The fourth-order valence-electron chi connectivity index (χ4n) is 2.87. The molecule has 0 N–H and O–H groups in total. The molecule has 1 amide bonds. The van der Waals surface area contributed by atoms with Gasteiger partial charge in [0.2, 0.25) is 5.75 Å². The summed E-state index contributed by atoms with van der Waals surface area (Å²) in [5.41, 5.74) is 0.379. The van der Waals surface area contributed by atoms with Crippen LogP contribution >= 0.6 is 0 Å². The van der Waals surface area contributed by atoms with Crippen LogP contribution in [0.2, 0.25) is 0 Å². The van der Waals surface area contributed by atoms with E-state index in [4.69, 9.17) is 18.9 Å². The third-order valence-electron chi connectivity index (χ3n) is 4.11. The highest BCUT2D eigenvalue weighted by atomic mass is 16.6. The summed E-state index contributed by atoms with van der Waals surface area (Å²) in [4.78, 5) is 25.2.